The van der Waals surface area contributed by atoms with Crippen molar-refractivity contribution in [1.29, 1.82) is 0 Å². The predicted octanol–water partition coefficient (Wildman–Crippen LogP) is 6.50. The van der Waals surface area contributed by atoms with Crippen molar-refractivity contribution in [2.75, 3.05) is 0 Å². The number of fused-ring (bicyclic) bond motifs is 2. The maximum atomic E-state index is 2.35. The van der Waals surface area contributed by atoms with Crippen LogP contribution in [0.4, 0.5) is 0 Å². The maximum Gasteiger partial charge on any atom is 0.0235 e. The highest BCUT2D eigenvalue weighted by atomic mass is 32.2. The van der Waals surface area contributed by atoms with Crippen LogP contribution in [0.1, 0.15) is 57.2 Å². The van der Waals surface area contributed by atoms with Crippen LogP contribution in [0.15, 0.2) is 53.4 Å². The Kier molecular flexibility index (Phi) is 5.16. The summed E-state index contributed by atoms with van der Waals surface area (Å²) in [6.07, 6.45) is 0. The zero-order valence-corrected chi connectivity index (χ0v) is 14.6. The summed E-state index contributed by atoms with van der Waals surface area (Å²) in [4.78, 5) is 1.44. The summed E-state index contributed by atoms with van der Waals surface area (Å²) < 4.78 is 0. The zero-order valence-electron chi connectivity index (χ0n) is 13.8. The molecule has 0 radical (unpaired) electrons. The summed E-state index contributed by atoms with van der Waals surface area (Å²) in [5, 5.41) is 0. The van der Waals surface area contributed by atoms with Crippen molar-refractivity contribution < 1.29 is 0 Å². The van der Waals surface area contributed by atoms with Crippen molar-refractivity contribution in [1.82, 2.24) is 0 Å². The van der Waals surface area contributed by atoms with E-state index in [0.29, 0.717) is 5.92 Å². The van der Waals surface area contributed by atoms with Crippen LogP contribution in [0, 0.1) is 5.41 Å². The van der Waals surface area contributed by atoms with Crippen molar-refractivity contribution in [3.05, 3.63) is 65.2 Å². The molecule has 0 spiro atoms. The molecule has 0 nitrogen and oxygen atoms in total. The minimum Gasteiger partial charge on any atom is -0.121 e. The van der Waals surface area contributed by atoms with E-state index in [4.69, 9.17) is 0 Å². The molecule has 0 fully saturated rings. The molecule has 0 aliphatic carbocycles. The van der Waals surface area contributed by atoms with Crippen molar-refractivity contribution in [2.24, 2.45) is 5.41 Å². The van der Waals surface area contributed by atoms with Gasteiger partial charge in [-0.15, -0.1) is 11.8 Å². The highest BCUT2D eigenvalue weighted by molar-refractivity contribution is 7.98. The van der Waals surface area contributed by atoms with Gasteiger partial charge in [0, 0.05) is 16.6 Å². The average Bonchev–Trinajstić information content (AvgIpc) is 2.65. The quantitative estimate of drug-likeness (QED) is 0.535. The summed E-state index contributed by atoms with van der Waals surface area (Å²) in [6.45, 7) is 11.0. The summed E-state index contributed by atoms with van der Waals surface area (Å²) in [7, 11) is 0. The van der Waals surface area contributed by atoms with E-state index >= 15 is 0 Å². The first-order valence-corrected chi connectivity index (χ1v) is 8.85. The Labute approximate surface area is 134 Å². The Hall–Kier alpha value is -1.21. The number of thioether (sulfide) groups is 1. The van der Waals surface area contributed by atoms with Gasteiger partial charge in [-0.3, -0.25) is 0 Å². The molecule has 1 heteroatoms. The molecule has 112 valence electrons. The van der Waals surface area contributed by atoms with Crippen LogP contribution in [-0.2, 0) is 5.75 Å². The van der Waals surface area contributed by atoms with Gasteiger partial charge in [0.15, 0.2) is 0 Å². The van der Waals surface area contributed by atoms with Gasteiger partial charge in [-0.05, 0) is 28.2 Å². The fraction of sp³-hybridized carbons (Fsp3) is 0.400. The van der Waals surface area contributed by atoms with Gasteiger partial charge < -0.3 is 0 Å². The first-order chi connectivity index (χ1) is 10.1. The van der Waals surface area contributed by atoms with Gasteiger partial charge in [-0.2, -0.15) is 0 Å². The van der Waals surface area contributed by atoms with E-state index in [1.54, 1.807) is 0 Å². The topological polar surface area (TPSA) is 0 Å². The number of hydrogen-bond acceptors (Lipinski definition) is 1. The Balaban J connectivity index is 0.000000774. The second kappa shape index (κ2) is 6.70. The van der Waals surface area contributed by atoms with Crippen molar-refractivity contribution in [3.63, 3.8) is 0 Å². The van der Waals surface area contributed by atoms with Crippen molar-refractivity contribution in [3.8, 4) is 0 Å². The molecule has 1 heterocycles. The molecule has 2 aromatic carbocycles. The van der Waals surface area contributed by atoms with Gasteiger partial charge in [-0.1, -0.05) is 77.1 Å². The second-order valence-electron chi connectivity index (χ2n) is 6.32. The van der Waals surface area contributed by atoms with E-state index in [-0.39, 0.29) is 5.41 Å². The molecule has 0 amide bonds. The highest BCUT2D eigenvalue weighted by Gasteiger charge is 2.32. The third-order valence-corrected chi connectivity index (χ3v) is 4.98. The average molecular weight is 298 g/mol. The monoisotopic (exact) mass is 298 g/mol. The van der Waals surface area contributed by atoms with Crippen LogP contribution in [0.25, 0.3) is 0 Å². The third kappa shape index (κ3) is 3.35. The number of benzene rings is 2. The van der Waals surface area contributed by atoms with Crippen molar-refractivity contribution >= 4 is 11.8 Å². The highest BCUT2D eigenvalue weighted by Crippen LogP contribution is 2.48. The molecule has 0 aromatic heterocycles. The zero-order chi connectivity index (χ0) is 15.5. The standard InChI is InChI=1S/C18H20S.C2H6/c1-18(2,3)17-14-9-5-4-8-13(14)12-19-16-11-7-6-10-15(16)17;1-2/h4-11,17H,12H2,1-3H3;1-2H3. The molecule has 2 aromatic rings. The molecule has 0 N–H and O–H groups in total. The molecule has 3 rings (SSSR count). The molecular formula is C20H26S. The van der Waals surface area contributed by atoms with E-state index in [9.17, 15) is 0 Å². The predicted molar refractivity (Wildman–Crippen MR) is 95.1 cm³/mol. The number of rotatable bonds is 0. The normalized spacial score (nSPS) is 16.9. The molecule has 1 unspecified atom stereocenters. The van der Waals surface area contributed by atoms with Gasteiger partial charge in [0.1, 0.15) is 0 Å². The SMILES string of the molecule is CC.CC(C)(C)C1c2ccccc2CSc2ccccc21. The van der Waals surface area contributed by atoms with Gasteiger partial charge in [-0.25, -0.2) is 0 Å². The Morgan fingerprint density at radius 2 is 1.43 bits per heavy atom. The first-order valence-electron chi connectivity index (χ1n) is 7.87. The lowest BCUT2D eigenvalue weighted by Crippen LogP contribution is -2.20. The molecule has 0 bridgehead atoms. The summed E-state index contributed by atoms with van der Waals surface area (Å²) in [5.41, 5.74) is 4.72. The van der Waals surface area contributed by atoms with Gasteiger partial charge >= 0.3 is 0 Å². The van der Waals surface area contributed by atoms with E-state index in [1.165, 1.54) is 21.6 Å². The summed E-state index contributed by atoms with van der Waals surface area (Å²) in [5.74, 6) is 1.56. The van der Waals surface area contributed by atoms with Crippen LogP contribution in [0.5, 0.6) is 0 Å². The summed E-state index contributed by atoms with van der Waals surface area (Å²) >= 11 is 1.97. The minimum absolute atomic E-state index is 0.233. The van der Waals surface area contributed by atoms with Gasteiger partial charge in [0.2, 0.25) is 0 Å². The lowest BCUT2D eigenvalue weighted by molar-refractivity contribution is 0.355. The largest absolute Gasteiger partial charge is 0.121 e. The lowest BCUT2D eigenvalue weighted by atomic mass is 9.71. The Bertz CT molecular complexity index is 545. The molecular weight excluding hydrogens is 272 g/mol. The van der Waals surface area contributed by atoms with E-state index < -0.39 is 0 Å². The first kappa shape index (κ1) is 16.2. The fourth-order valence-electron chi connectivity index (χ4n) is 3.05. The number of hydrogen-bond donors (Lipinski definition) is 0. The van der Waals surface area contributed by atoms with E-state index in [0.717, 1.165) is 5.75 Å². The Morgan fingerprint density at radius 1 is 0.857 bits per heavy atom. The second-order valence-corrected chi connectivity index (χ2v) is 7.34. The van der Waals surface area contributed by atoms with Gasteiger partial charge in [0.05, 0.1) is 0 Å². The van der Waals surface area contributed by atoms with E-state index in [1.807, 2.05) is 25.6 Å². The molecule has 0 saturated carbocycles. The van der Waals surface area contributed by atoms with Crippen LogP contribution in [0.2, 0.25) is 0 Å². The molecule has 21 heavy (non-hydrogen) atoms. The maximum absolute atomic E-state index is 2.35. The fourth-order valence-corrected chi connectivity index (χ4v) is 4.16. The molecule has 0 saturated heterocycles. The Morgan fingerprint density at radius 3 is 2.10 bits per heavy atom. The smallest absolute Gasteiger partial charge is 0.0235 e. The van der Waals surface area contributed by atoms with Crippen LogP contribution >= 0.6 is 11.8 Å². The third-order valence-electron chi connectivity index (χ3n) is 3.85. The van der Waals surface area contributed by atoms with Crippen LogP contribution in [0.3, 0.4) is 0 Å². The molecule has 1 atom stereocenters. The van der Waals surface area contributed by atoms with Crippen LogP contribution in [-0.4, -0.2) is 0 Å². The molecule has 1 aliphatic heterocycles. The minimum atomic E-state index is 0.233. The summed E-state index contributed by atoms with van der Waals surface area (Å²) in [6, 6.07) is 17.8. The lowest BCUT2D eigenvalue weighted by Gasteiger charge is -2.32. The van der Waals surface area contributed by atoms with E-state index in [2.05, 4.69) is 69.3 Å². The van der Waals surface area contributed by atoms with Crippen LogP contribution < -0.4 is 0 Å². The molecule has 1 aliphatic rings. The van der Waals surface area contributed by atoms with Gasteiger partial charge in [0.25, 0.3) is 0 Å². The van der Waals surface area contributed by atoms with Crippen molar-refractivity contribution in [2.45, 2.75) is 51.2 Å².